The van der Waals surface area contributed by atoms with Gasteiger partial charge in [-0.1, -0.05) is 29.8 Å². The first-order valence-electron chi connectivity index (χ1n) is 4.43. The molecule has 1 heterocycles. The van der Waals surface area contributed by atoms with Crippen molar-refractivity contribution < 1.29 is 0 Å². The fraction of sp³-hybridized carbons (Fsp3) is 0.750. The highest BCUT2D eigenvalue weighted by molar-refractivity contribution is 9.09. The third kappa shape index (κ3) is 2.57. The average Bonchev–Trinajstić information content (AvgIpc) is 2.33. The van der Waals surface area contributed by atoms with Gasteiger partial charge in [-0.05, 0) is 5.92 Å². The predicted octanol–water partition coefficient (Wildman–Crippen LogP) is 1.12. The van der Waals surface area contributed by atoms with Gasteiger partial charge in [0.2, 0.25) is 0 Å². The molecule has 0 unspecified atom stereocenters. The molecule has 0 radical (unpaired) electrons. The van der Waals surface area contributed by atoms with E-state index in [-0.39, 0.29) is 10.6 Å². The van der Waals surface area contributed by atoms with Gasteiger partial charge in [-0.25, -0.2) is 13.3 Å². The summed E-state index contributed by atoms with van der Waals surface area (Å²) in [5, 5.41) is 0.689. The lowest BCUT2D eigenvalue weighted by Gasteiger charge is -2.02. The first-order valence-corrected chi connectivity index (χ1v) is 6.32. The van der Waals surface area contributed by atoms with Crippen molar-refractivity contribution >= 4 is 27.5 Å². The van der Waals surface area contributed by atoms with Crippen LogP contribution in [0.5, 0.6) is 0 Å². The largest absolute Gasteiger partial charge is 0.341 e. The summed E-state index contributed by atoms with van der Waals surface area (Å²) in [5.41, 5.74) is -0.187. The molecule has 0 saturated carbocycles. The standard InChI is InChI=1S/C8H13BrN2O2S/c1-6(2)5-10-7(12)11(4-3-9)14-8(10)13/h6H,3-5H2,1-2H3. The number of nitrogens with zero attached hydrogens (tertiary/aromatic N) is 2. The van der Waals surface area contributed by atoms with E-state index >= 15 is 0 Å². The molecule has 0 fully saturated rings. The van der Waals surface area contributed by atoms with Crippen molar-refractivity contribution in [1.29, 1.82) is 0 Å². The van der Waals surface area contributed by atoms with E-state index in [1.54, 1.807) is 0 Å². The molecule has 6 heteroatoms. The molecule has 0 amide bonds. The van der Waals surface area contributed by atoms with E-state index < -0.39 is 0 Å². The zero-order chi connectivity index (χ0) is 10.7. The average molecular weight is 281 g/mol. The van der Waals surface area contributed by atoms with Gasteiger partial charge < -0.3 is 0 Å². The Morgan fingerprint density at radius 3 is 2.57 bits per heavy atom. The summed E-state index contributed by atoms with van der Waals surface area (Å²) in [6.45, 7) is 5.03. The van der Waals surface area contributed by atoms with Crippen LogP contribution < -0.4 is 10.6 Å². The Morgan fingerprint density at radius 1 is 1.43 bits per heavy atom. The minimum atomic E-state index is -0.187. The van der Waals surface area contributed by atoms with Crippen molar-refractivity contribution in [3.8, 4) is 0 Å². The molecule has 80 valence electrons. The Balaban J connectivity index is 3.06. The summed E-state index contributed by atoms with van der Waals surface area (Å²) in [5.74, 6) is 0.312. The van der Waals surface area contributed by atoms with Gasteiger partial charge in [-0.2, -0.15) is 0 Å². The number of hydrogen-bond acceptors (Lipinski definition) is 3. The molecule has 0 aliphatic heterocycles. The van der Waals surface area contributed by atoms with Crippen molar-refractivity contribution in [1.82, 2.24) is 8.52 Å². The van der Waals surface area contributed by atoms with Crippen LogP contribution in [0.3, 0.4) is 0 Å². The Bertz CT molecular complexity index is 404. The quantitative estimate of drug-likeness (QED) is 0.776. The van der Waals surface area contributed by atoms with Crippen LogP contribution in [0.1, 0.15) is 13.8 Å². The SMILES string of the molecule is CC(C)Cn1c(=O)sn(CCBr)c1=O. The number of rotatable bonds is 4. The van der Waals surface area contributed by atoms with E-state index in [0.717, 1.165) is 11.5 Å². The number of halogens is 1. The van der Waals surface area contributed by atoms with Crippen molar-refractivity contribution in [3.63, 3.8) is 0 Å². The van der Waals surface area contributed by atoms with E-state index in [9.17, 15) is 9.59 Å². The lowest BCUT2D eigenvalue weighted by atomic mass is 10.2. The van der Waals surface area contributed by atoms with E-state index in [0.29, 0.717) is 24.3 Å². The highest BCUT2D eigenvalue weighted by Gasteiger charge is 2.10. The normalized spacial score (nSPS) is 11.1. The molecule has 4 nitrogen and oxygen atoms in total. The second-order valence-corrected chi connectivity index (χ2v) is 5.20. The maximum absolute atomic E-state index is 11.6. The van der Waals surface area contributed by atoms with Gasteiger partial charge in [0.25, 0.3) is 0 Å². The van der Waals surface area contributed by atoms with E-state index in [1.165, 1.54) is 8.52 Å². The first kappa shape index (κ1) is 11.7. The van der Waals surface area contributed by atoms with Crippen LogP contribution in [-0.2, 0) is 13.1 Å². The van der Waals surface area contributed by atoms with Gasteiger partial charge in [0.05, 0.1) is 0 Å². The zero-order valence-electron chi connectivity index (χ0n) is 8.20. The monoisotopic (exact) mass is 280 g/mol. The number of hydrogen-bond donors (Lipinski definition) is 0. The number of aryl methyl sites for hydroxylation is 1. The molecule has 14 heavy (non-hydrogen) atoms. The Kier molecular flexibility index (Phi) is 4.12. The second kappa shape index (κ2) is 4.93. The molecule has 1 aromatic heterocycles. The van der Waals surface area contributed by atoms with E-state index in [1.807, 2.05) is 13.8 Å². The summed E-state index contributed by atoms with van der Waals surface area (Å²) in [6, 6.07) is 0. The summed E-state index contributed by atoms with van der Waals surface area (Å²) in [6.07, 6.45) is 0. The van der Waals surface area contributed by atoms with Crippen LogP contribution >= 0.6 is 27.5 Å². The maximum Gasteiger partial charge on any atom is 0.341 e. The second-order valence-electron chi connectivity index (χ2n) is 3.44. The summed E-state index contributed by atoms with van der Waals surface area (Å²) < 4.78 is 2.79. The van der Waals surface area contributed by atoms with Gasteiger partial charge in [0.1, 0.15) is 0 Å². The summed E-state index contributed by atoms with van der Waals surface area (Å²) in [4.78, 5) is 22.9. The van der Waals surface area contributed by atoms with Crippen molar-refractivity contribution in [2.24, 2.45) is 5.92 Å². The number of aromatic nitrogens is 2. The molecule has 0 bridgehead atoms. The molecule has 0 N–H and O–H groups in total. The van der Waals surface area contributed by atoms with Gasteiger partial charge in [-0.3, -0.25) is 4.79 Å². The minimum absolute atomic E-state index is 0.162. The van der Waals surface area contributed by atoms with Gasteiger partial charge >= 0.3 is 10.6 Å². The Labute approximate surface area is 94.5 Å². The molecule has 0 saturated heterocycles. The highest BCUT2D eigenvalue weighted by Crippen LogP contribution is 1.96. The minimum Gasteiger partial charge on any atom is -0.255 e. The van der Waals surface area contributed by atoms with Gasteiger partial charge in [0.15, 0.2) is 0 Å². The van der Waals surface area contributed by atoms with Crippen LogP contribution in [0, 0.1) is 5.92 Å². The maximum atomic E-state index is 11.6. The molecular formula is C8H13BrN2O2S. The molecule has 0 spiro atoms. The molecule has 0 aliphatic rings. The molecular weight excluding hydrogens is 268 g/mol. The van der Waals surface area contributed by atoms with Crippen LogP contribution in [0.25, 0.3) is 0 Å². The van der Waals surface area contributed by atoms with Gasteiger partial charge in [-0.15, -0.1) is 0 Å². The van der Waals surface area contributed by atoms with Crippen molar-refractivity contribution in [3.05, 3.63) is 20.2 Å². The topological polar surface area (TPSA) is 44.0 Å². The third-order valence-corrected chi connectivity index (χ3v) is 2.98. The van der Waals surface area contributed by atoms with E-state index in [2.05, 4.69) is 15.9 Å². The summed E-state index contributed by atoms with van der Waals surface area (Å²) in [7, 11) is 0. The first-order chi connectivity index (χ1) is 6.56. The van der Waals surface area contributed by atoms with Crippen LogP contribution in [0.4, 0.5) is 0 Å². The van der Waals surface area contributed by atoms with Crippen molar-refractivity contribution in [2.75, 3.05) is 5.33 Å². The highest BCUT2D eigenvalue weighted by atomic mass is 79.9. The molecule has 1 rings (SSSR count). The zero-order valence-corrected chi connectivity index (χ0v) is 10.6. The molecule has 0 aromatic carbocycles. The van der Waals surface area contributed by atoms with Gasteiger partial charge in [0, 0.05) is 30.0 Å². The lowest BCUT2D eigenvalue weighted by molar-refractivity contribution is 0.495. The van der Waals surface area contributed by atoms with Crippen LogP contribution in [0.2, 0.25) is 0 Å². The Morgan fingerprint density at radius 2 is 2.07 bits per heavy atom. The fourth-order valence-electron chi connectivity index (χ4n) is 1.13. The molecule has 0 atom stereocenters. The van der Waals surface area contributed by atoms with Crippen molar-refractivity contribution in [2.45, 2.75) is 26.9 Å². The summed E-state index contributed by atoms with van der Waals surface area (Å²) >= 11 is 4.23. The Hall–Kier alpha value is -0.360. The fourth-order valence-corrected chi connectivity index (χ4v) is 2.52. The molecule has 1 aromatic rings. The van der Waals surface area contributed by atoms with Crippen LogP contribution in [-0.4, -0.2) is 13.9 Å². The lowest BCUT2D eigenvalue weighted by Crippen LogP contribution is -2.30. The smallest absolute Gasteiger partial charge is 0.255 e. The predicted molar refractivity (Wildman–Crippen MR) is 61.5 cm³/mol. The number of alkyl halides is 1. The van der Waals surface area contributed by atoms with E-state index in [4.69, 9.17) is 0 Å². The molecule has 0 aliphatic carbocycles. The van der Waals surface area contributed by atoms with Crippen LogP contribution in [0.15, 0.2) is 9.59 Å². The third-order valence-electron chi connectivity index (χ3n) is 1.69.